The molecule has 1 atom stereocenters. The molecule has 0 spiro atoms. The number of benzene rings is 2. The lowest BCUT2D eigenvalue weighted by atomic mass is 9.97. The van der Waals surface area contributed by atoms with Gasteiger partial charge in [0.15, 0.2) is 0 Å². The summed E-state index contributed by atoms with van der Waals surface area (Å²) in [6, 6.07) is 17.8. The Balaban J connectivity index is 1.38. The first-order valence-electron chi connectivity index (χ1n) is 10.3. The van der Waals surface area contributed by atoms with Crippen LogP contribution in [0.2, 0.25) is 0 Å². The van der Waals surface area contributed by atoms with Crippen molar-refractivity contribution in [2.75, 3.05) is 7.11 Å². The highest BCUT2D eigenvalue weighted by molar-refractivity contribution is 6.41. The van der Waals surface area contributed by atoms with Gasteiger partial charge in [0, 0.05) is 29.8 Å². The Morgan fingerprint density at radius 3 is 2.74 bits per heavy atom. The fraction of sp³-hybridized carbons (Fsp3) is 0.200. The molecular formula is C25H22N4O2. The molecule has 1 amide bonds. The standard InChI is InChI=1S/C25H22N4O2/c1-15(16-6-4-3-5-7-16)28-25(30)22-11-18-10-19-14-27-24(20(19)13-21(18)29-22)17-8-9-26-23(12-17)31-2/h3-10,12-13,15H,11,14H2,1-2H3,(H,28,30)/t15-/m1/s1. The molecule has 31 heavy (non-hydrogen) atoms. The van der Waals surface area contributed by atoms with Gasteiger partial charge in [-0.2, -0.15) is 0 Å². The van der Waals surface area contributed by atoms with Crippen LogP contribution in [0.15, 0.2) is 70.8 Å². The molecule has 5 rings (SSSR count). The molecule has 2 aliphatic heterocycles. The predicted octanol–water partition coefficient (Wildman–Crippen LogP) is 3.95. The molecule has 1 N–H and O–H groups in total. The minimum atomic E-state index is -0.125. The fourth-order valence-electron chi connectivity index (χ4n) is 4.05. The molecular weight excluding hydrogens is 388 g/mol. The topological polar surface area (TPSA) is 75.9 Å². The highest BCUT2D eigenvalue weighted by atomic mass is 16.5. The van der Waals surface area contributed by atoms with E-state index in [1.54, 1.807) is 13.3 Å². The molecule has 0 unspecified atom stereocenters. The highest BCUT2D eigenvalue weighted by Gasteiger charge is 2.26. The van der Waals surface area contributed by atoms with Crippen molar-refractivity contribution in [3.8, 4) is 5.88 Å². The lowest BCUT2D eigenvalue weighted by molar-refractivity contribution is -0.115. The van der Waals surface area contributed by atoms with Crippen LogP contribution >= 0.6 is 0 Å². The summed E-state index contributed by atoms with van der Waals surface area (Å²) in [5.41, 5.74) is 7.59. The van der Waals surface area contributed by atoms with E-state index in [1.807, 2.05) is 55.5 Å². The molecule has 0 saturated carbocycles. The summed E-state index contributed by atoms with van der Waals surface area (Å²) in [6.07, 6.45) is 2.25. The van der Waals surface area contributed by atoms with E-state index in [2.05, 4.69) is 21.4 Å². The second kappa shape index (κ2) is 7.80. The van der Waals surface area contributed by atoms with Crippen LogP contribution in [-0.4, -0.2) is 29.4 Å². The highest BCUT2D eigenvalue weighted by Crippen LogP contribution is 2.34. The molecule has 1 aromatic heterocycles. The Morgan fingerprint density at radius 2 is 1.94 bits per heavy atom. The number of methoxy groups -OCH3 is 1. The molecule has 0 saturated heterocycles. The van der Waals surface area contributed by atoms with Crippen LogP contribution in [-0.2, 0) is 17.8 Å². The summed E-state index contributed by atoms with van der Waals surface area (Å²) in [6.45, 7) is 2.60. The first kappa shape index (κ1) is 19.2. The van der Waals surface area contributed by atoms with E-state index < -0.39 is 0 Å². The third-order valence-electron chi connectivity index (χ3n) is 5.71. The fourth-order valence-corrected chi connectivity index (χ4v) is 4.05. The smallest absolute Gasteiger partial charge is 0.266 e. The van der Waals surface area contributed by atoms with Gasteiger partial charge in [0.05, 0.1) is 31.1 Å². The number of nitrogens with zero attached hydrogens (tertiary/aromatic N) is 3. The molecule has 2 aromatic carbocycles. The van der Waals surface area contributed by atoms with E-state index in [-0.39, 0.29) is 11.9 Å². The SMILES string of the molecule is COc1cc(C2=NCc3cc4c(cc32)N=C(C(=O)N[C@H](C)c2ccccc2)C4)ccn1. The third kappa shape index (κ3) is 3.61. The van der Waals surface area contributed by atoms with E-state index in [9.17, 15) is 4.79 Å². The molecule has 0 aliphatic carbocycles. The van der Waals surface area contributed by atoms with Crippen LogP contribution < -0.4 is 10.1 Å². The average molecular weight is 410 g/mol. The van der Waals surface area contributed by atoms with Gasteiger partial charge in [-0.15, -0.1) is 0 Å². The lowest BCUT2D eigenvalue weighted by Gasteiger charge is -2.14. The summed E-state index contributed by atoms with van der Waals surface area (Å²) in [5.74, 6) is 0.430. The maximum Gasteiger partial charge on any atom is 0.266 e. The van der Waals surface area contributed by atoms with Crippen LogP contribution in [0.5, 0.6) is 5.88 Å². The molecule has 2 aliphatic rings. The van der Waals surface area contributed by atoms with E-state index in [1.165, 1.54) is 0 Å². The van der Waals surface area contributed by atoms with E-state index in [4.69, 9.17) is 9.73 Å². The number of ether oxygens (including phenoxy) is 1. The first-order valence-corrected chi connectivity index (χ1v) is 10.3. The van der Waals surface area contributed by atoms with Crippen molar-refractivity contribution in [3.05, 3.63) is 88.6 Å². The van der Waals surface area contributed by atoms with Crippen molar-refractivity contribution < 1.29 is 9.53 Å². The van der Waals surface area contributed by atoms with Gasteiger partial charge in [-0.05, 0) is 35.7 Å². The molecule has 6 nitrogen and oxygen atoms in total. The zero-order chi connectivity index (χ0) is 21.4. The van der Waals surface area contributed by atoms with Gasteiger partial charge in [-0.25, -0.2) is 9.98 Å². The second-order valence-corrected chi connectivity index (χ2v) is 7.73. The van der Waals surface area contributed by atoms with Crippen molar-refractivity contribution >= 4 is 23.0 Å². The van der Waals surface area contributed by atoms with Gasteiger partial charge in [0.2, 0.25) is 5.88 Å². The van der Waals surface area contributed by atoms with Gasteiger partial charge >= 0.3 is 0 Å². The third-order valence-corrected chi connectivity index (χ3v) is 5.71. The Bertz CT molecular complexity index is 1230. The molecule has 154 valence electrons. The van der Waals surface area contributed by atoms with Crippen LogP contribution in [0.25, 0.3) is 0 Å². The van der Waals surface area contributed by atoms with Crippen LogP contribution in [0, 0.1) is 0 Å². The largest absolute Gasteiger partial charge is 0.481 e. The van der Waals surface area contributed by atoms with Gasteiger partial charge in [0.1, 0.15) is 5.71 Å². The number of carbonyl (C=O) groups excluding carboxylic acids is 1. The predicted molar refractivity (Wildman–Crippen MR) is 120 cm³/mol. The summed E-state index contributed by atoms with van der Waals surface area (Å²) < 4.78 is 5.25. The Hall–Kier alpha value is -3.80. The second-order valence-electron chi connectivity index (χ2n) is 7.73. The van der Waals surface area contributed by atoms with Crippen molar-refractivity contribution in [2.45, 2.75) is 25.9 Å². The quantitative estimate of drug-likeness (QED) is 0.692. The number of amides is 1. The Morgan fingerprint density at radius 1 is 1.10 bits per heavy atom. The summed E-state index contributed by atoms with van der Waals surface area (Å²) in [4.78, 5) is 26.4. The number of rotatable bonds is 5. The van der Waals surface area contributed by atoms with Gasteiger partial charge in [0.25, 0.3) is 5.91 Å². The number of pyridine rings is 1. The van der Waals surface area contributed by atoms with Crippen LogP contribution in [0.3, 0.4) is 0 Å². The zero-order valence-electron chi connectivity index (χ0n) is 17.4. The summed E-state index contributed by atoms with van der Waals surface area (Å²) in [7, 11) is 1.60. The van der Waals surface area contributed by atoms with Crippen molar-refractivity contribution in [1.82, 2.24) is 10.3 Å². The molecule has 3 aromatic rings. The van der Waals surface area contributed by atoms with Crippen molar-refractivity contribution in [3.63, 3.8) is 0 Å². The Labute approximate surface area is 180 Å². The maximum absolute atomic E-state index is 12.8. The van der Waals surface area contributed by atoms with E-state index in [0.717, 1.165) is 39.2 Å². The molecule has 3 heterocycles. The van der Waals surface area contributed by atoms with Gasteiger partial charge < -0.3 is 10.1 Å². The first-order chi connectivity index (χ1) is 15.1. The molecule has 0 bridgehead atoms. The average Bonchev–Trinajstić information content (AvgIpc) is 3.41. The molecule has 0 radical (unpaired) electrons. The number of hydrogen-bond donors (Lipinski definition) is 1. The lowest BCUT2D eigenvalue weighted by Crippen LogP contribution is -2.33. The Kier molecular flexibility index (Phi) is 4.82. The van der Waals surface area contributed by atoms with E-state index in [0.29, 0.717) is 24.6 Å². The maximum atomic E-state index is 12.8. The normalized spacial score (nSPS) is 14.9. The number of carbonyl (C=O) groups is 1. The van der Waals surface area contributed by atoms with E-state index >= 15 is 0 Å². The number of fused-ring (bicyclic) bond motifs is 2. The molecule has 0 fully saturated rings. The summed E-state index contributed by atoms with van der Waals surface area (Å²) in [5, 5.41) is 3.06. The van der Waals surface area contributed by atoms with Crippen molar-refractivity contribution in [2.24, 2.45) is 9.98 Å². The van der Waals surface area contributed by atoms with Crippen LogP contribution in [0.1, 0.15) is 40.8 Å². The zero-order valence-corrected chi connectivity index (χ0v) is 17.4. The number of hydrogen-bond acceptors (Lipinski definition) is 5. The number of nitrogens with one attached hydrogen (secondary N) is 1. The minimum Gasteiger partial charge on any atom is -0.481 e. The molecule has 6 heteroatoms. The number of aromatic nitrogens is 1. The van der Waals surface area contributed by atoms with Gasteiger partial charge in [-0.3, -0.25) is 9.79 Å². The van der Waals surface area contributed by atoms with Gasteiger partial charge in [-0.1, -0.05) is 36.4 Å². The minimum absolute atomic E-state index is 0.0782. The summed E-state index contributed by atoms with van der Waals surface area (Å²) >= 11 is 0. The monoisotopic (exact) mass is 410 g/mol. The van der Waals surface area contributed by atoms with Crippen LogP contribution in [0.4, 0.5) is 5.69 Å². The number of aliphatic imine (C=N–C) groups is 2. The van der Waals surface area contributed by atoms with Crippen molar-refractivity contribution in [1.29, 1.82) is 0 Å².